The average molecular weight is 267 g/mol. The zero-order valence-electron chi connectivity index (χ0n) is 10.9. The molecule has 2 rings (SSSR count). The molecule has 0 aromatic carbocycles. The molecular formula is C12H17N3O4. The van der Waals surface area contributed by atoms with Crippen molar-refractivity contribution >= 4 is 5.82 Å². The van der Waals surface area contributed by atoms with Gasteiger partial charge in [-0.15, -0.1) is 0 Å². The first-order valence-electron chi connectivity index (χ1n) is 6.18. The van der Waals surface area contributed by atoms with Crippen molar-refractivity contribution in [2.75, 3.05) is 6.61 Å². The molecule has 7 heteroatoms. The quantitative estimate of drug-likeness (QED) is 0.635. The summed E-state index contributed by atoms with van der Waals surface area (Å²) in [5.41, 5.74) is 6.40. The third-order valence-electron chi connectivity index (χ3n) is 3.08. The third-order valence-corrected chi connectivity index (χ3v) is 3.08. The van der Waals surface area contributed by atoms with Crippen molar-refractivity contribution in [1.29, 1.82) is 0 Å². The number of hydrogen-bond donors (Lipinski definition) is 1. The second kappa shape index (κ2) is 5.50. The van der Waals surface area contributed by atoms with Gasteiger partial charge in [-0.1, -0.05) is 0 Å². The van der Waals surface area contributed by atoms with Crippen molar-refractivity contribution in [3.8, 4) is 5.75 Å². The molecule has 1 heterocycles. The van der Waals surface area contributed by atoms with Crippen LogP contribution in [0.5, 0.6) is 5.75 Å². The lowest BCUT2D eigenvalue weighted by Crippen LogP contribution is -2.59. The smallest absolute Gasteiger partial charge is 0.406 e. The molecule has 0 saturated heterocycles. The van der Waals surface area contributed by atoms with Gasteiger partial charge in [0.05, 0.1) is 0 Å². The van der Waals surface area contributed by atoms with Gasteiger partial charge in [-0.3, -0.25) is 0 Å². The van der Waals surface area contributed by atoms with E-state index in [9.17, 15) is 10.1 Å². The van der Waals surface area contributed by atoms with Gasteiger partial charge in [0.1, 0.15) is 17.9 Å². The molecule has 3 atom stereocenters. The Morgan fingerprint density at radius 1 is 1.58 bits per heavy atom. The maximum Gasteiger partial charge on any atom is 0.406 e. The molecule has 1 aliphatic rings. The number of pyridine rings is 1. The fourth-order valence-electron chi connectivity index (χ4n) is 2.07. The lowest BCUT2D eigenvalue weighted by Gasteiger charge is -2.41. The van der Waals surface area contributed by atoms with Crippen LogP contribution in [-0.2, 0) is 4.74 Å². The number of aromatic nitrogens is 1. The van der Waals surface area contributed by atoms with Gasteiger partial charge in [-0.2, -0.15) is 0 Å². The molecule has 1 aromatic heterocycles. The normalized spacial score (nSPS) is 25.7. The van der Waals surface area contributed by atoms with E-state index in [1.54, 1.807) is 19.1 Å². The van der Waals surface area contributed by atoms with Crippen LogP contribution in [0, 0.1) is 17.0 Å². The summed E-state index contributed by atoms with van der Waals surface area (Å²) in [5.74, 6) is -0.104. The molecule has 1 aromatic rings. The number of nitro groups is 1. The van der Waals surface area contributed by atoms with Crippen LogP contribution in [0.25, 0.3) is 0 Å². The highest BCUT2D eigenvalue weighted by molar-refractivity contribution is 5.40. The van der Waals surface area contributed by atoms with Gasteiger partial charge in [-0.05, 0) is 29.0 Å². The molecule has 1 fully saturated rings. The maximum absolute atomic E-state index is 10.9. The van der Waals surface area contributed by atoms with Gasteiger partial charge >= 0.3 is 5.82 Å². The van der Waals surface area contributed by atoms with Gasteiger partial charge in [0, 0.05) is 26.0 Å². The van der Waals surface area contributed by atoms with Crippen LogP contribution in [0.1, 0.15) is 19.0 Å². The molecule has 104 valence electrons. The van der Waals surface area contributed by atoms with Crippen LogP contribution in [0.3, 0.4) is 0 Å². The van der Waals surface area contributed by atoms with E-state index in [-0.39, 0.29) is 29.8 Å². The van der Waals surface area contributed by atoms with Crippen LogP contribution in [0.4, 0.5) is 5.82 Å². The minimum absolute atomic E-state index is 0.0811. The minimum atomic E-state index is -0.545. The van der Waals surface area contributed by atoms with Crippen LogP contribution in [-0.4, -0.2) is 34.8 Å². The molecule has 0 aliphatic heterocycles. The molecule has 0 amide bonds. The molecule has 1 aliphatic carbocycles. The summed E-state index contributed by atoms with van der Waals surface area (Å²) in [5, 5.41) is 10.9. The van der Waals surface area contributed by atoms with E-state index in [4.69, 9.17) is 15.2 Å². The van der Waals surface area contributed by atoms with Gasteiger partial charge in [0.2, 0.25) is 5.75 Å². The topological polar surface area (TPSA) is 101 Å². The van der Waals surface area contributed by atoms with E-state index in [2.05, 4.69) is 4.98 Å². The van der Waals surface area contributed by atoms with Crippen molar-refractivity contribution in [1.82, 2.24) is 4.98 Å². The van der Waals surface area contributed by atoms with Crippen molar-refractivity contribution in [2.45, 2.75) is 38.5 Å². The predicted octanol–water partition coefficient (Wildman–Crippen LogP) is 1.18. The minimum Gasteiger partial charge on any atom is -0.479 e. The third kappa shape index (κ3) is 2.82. The summed E-state index contributed by atoms with van der Waals surface area (Å²) < 4.78 is 11.1. The number of aryl methyl sites for hydroxylation is 1. The highest BCUT2D eigenvalue weighted by Gasteiger charge is 2.42. The van der Waals surface area contributed by atoms with Gasteiger partial charge < -0.3 is 25.3 Å². The summed E-state index contributed by atoms with van der Waals surface area (Å²) in [7, 11) is 0. The molecular weight excluding hydrogens is 250 g/mol. The Balaban J connectivity index is 2.13. The highest BCUT2D eigenvalue weighted by atomic mass is 16.6. The fourth-order valence-corrected chi connectivity index (χ4v) is 2.07. The summed E-state index contributed by atoms with van der Waals surface area (Å²) in [6, 6.07) is 3.16. The summed E-state index contributed by atoms with van der Waals surface area (Å²) in [4.78, 5) is 14.3. The SMILES string of the molecule is CCOC1C(N)CC1Oc1ccc(C)nc1[N+](=O)[O-]. The van der Waals surface area contributed by atoms with Crippen molar-refractivity contribution < 1.29 is 14.4 Å². The number of nitrogens with zero attached hydrogens (tertiary/aromatic N) is 2. The largest absolute Gasteiger partial charge is 0.479 e. The van der Waals surface area contributed by atoms with Gasteiger partial charge in [0.25, 0.3) is 0 Å². The molecule has 3 unspecified atom stereocenters. The monoisotopic (exact) mass is 267 g/mol. The van der Waals surface area contributed by atoms with E-state index >= 15 is 0 Å². The lowest BCUT2D eigenvalue weighted by atomic mass is 9.86. The van der Waals surface area contributed by atoms with Crippen molar-refractivity contribution in [3.05, 3.63) is 27.9 Å². The Hall–Kier alpha value is -1.73. The van der Waals surface area contributed by atoms with Gasteiger partial charge in [-0.25, -0.2) is 0 Å². The fraction of sp³-hybridized carbons (Fsp3) is 0.583. The molecule has 1 saturated carbocycles. The lowest BCUT2D eigenvalue weighted by molar-refractivity contribution is -0.391. The molecule has 0 bridgehead atoms. The summed E-state index contributed by atoms with van der Waals surface area (Å²) >= 11 is 0. The maximum atomic E-state index is 10.9. The number of ether oxygens (including phenoxy) is 2. The number of hydrogen-bond acceptors (Lipinski definition) is 6. The Morgan fingerprint density at radius 3 is 2.89 bits per heavy atom. The second-order valence-corrected chi connectivity index (χ2v) is 4.51. The highest BCUT2D eigenvalue weighted by Crippen LogP contribution is 2.32. The average Bonchev–Trinajstić information content (AvgIpc) is 2.37. The molecule has 19 heavy (non-hydrogen) atoms. The first-order chi connectivity index (χ1) is 9.02. The van der Waals surface area contributed by atoms with E-state index in [0.29, 0.717) is 18.7 Å². The van der Waals surface area contributed by atoms with Crippen LogP contribution in [0.2, 0.25) is 0 Å². The van der Waals surface area contributed by atoms with Crippen LogP contribution >= 0.6 is 0 Å². The Bertz CT molecular complexity index is 480. The summed E-state index contributed by atoms with van der Waals surface area (Å²) in [6.07, 6.45) is 0.152. The van der Waals surface area contributed by atoms with E-state index < -0.39 is 4.92 Å². The van der Waals surface area contributed by atoms with E-state index in [1.165, 1.54) is 0 Å². The Morgan fingerprint density at radius 2 is 2.32 bits per heavy atom. The van der Waals surface area contributed by atoms with Gasteiger partial charge in [0.15, 0.2) is 0 Å². The molecule has 0 radical (unpaired) electrons. The molecule has 7 nitrogen and oxygen atoms in total. The Labute approximate surface area is 110 Å². The zero-order chi connectivity index (χ0) is 14.0. The van der Waals surface area contributed by atoms with Crippen molar-refractivity contribution in [2.24, 2.45) is 5.73 Å². The predicted molar refractivity (Wildman–Crippen MR) is 68.1 cm³/mol. The first kappa shape index (κ1) is 13.7. The Kier molecular flexibility index (Phi) is 3.96. The molecule has 2 N–H and O–H groups in total. The standard InChI is InChI=1S/C12H17N3O4/c1-3-18-11-8(13)6-10(11)19-9-5-4-7(2)14-12(9)15(16)17/h4-5,8,10-11H,3,6,13H2,1-2H3. The van der Waals surface area contributed by atoms with Crippen LogP contribution < -0.4 is 10.5 Å². The zero-order valence-corrected chi connectivity index (χ0v) is 10.9. The first-order valence-corrected chi connectivity index (χ1v) is 6.18. The number of rotatable bonds is 5. The molecule has 0 spiro atoms. The number of nitrogens with two attached hydrogens (primary N) is 1. The summed E-state index contributed by atoms with van der Waals surface area (Å²) in [6.45, 7) is 4.10. The second-order valence-electron chi connectivity index (χ2n) is 4.51. The van der Waals surface area contributed by atoms with E-state index in [0.717, 1.165) is 0 Å². The van der Waals surface area contributed by atoms with Crippen LogP contribution in [0.15, 0.2) is 12.1 Å². The van der Waals surface area contributed by atoms with Crippen molar-refractivity contribution in [3.63, 3.8) is 0 Å². The van der Waals surface area contributed by atoms with E-state index in [1.807, 2.05) is 6.92 Å².